The number of nitrogens with two attached hydrogens (primary N) is 1. The van der Waals surface area contributed by atoms with Crippen molar-refractivity contribution in [1.29, 1.82) is 0 Å². The summed E-state index contributed by atoms with van der Waals surface area (Å²) in [4.78, 5) is 4.24. The fourth-order valence-electron chi connectivity index (χ4n) is 1.51. The Morgan fingerprint density at radius 3 is 2.72 bits per heavy atom. The number of thioether (sulfide) groups is 1. The number of imidazole rings is 1. The lowest BCUT2D eigenvalue weighted by atomic mass is 10.2. The van der Waals surface area contributed by atoms with E-state index < -0.39 is 0 Å². The lowest BCUT2D eigenvalue weighted by molar-refractivity contribution is 0.343. The van der Waals surface area contributed by atoms with Crippen molar-refractivity contribution in [3.8, 4) is 5.75 Å². The molecule has 0 radical (unpaired) electrons. The lowest BCUT2D eigenvalue weighted by Gasteiger charge is -2.06. The summed E-state index contributed by atoms with van der Waals surface area (Å²) in [6, 6.07) is 7.88. The Labute approximate surface area is 111 Å². The summed E-state index contributed by atoms with van der Waals surface area (Å²) in [5.41, 5.74) is 6.65. The number of hydrogen-bond acceptors (Lipinski definition) is 4. The molecule has 96 valence electrons. The molecule has 0 amide bonds. The number of ether oxygens (including phenoxy) is 1. The van der Waals surface area contributed by atoms with Gasteiger partial charge in [0.25, 0.3) is 0 Å². The molecular formula is C13H17N3OS. The van der Waals surface area contributed by atoms with E-state index in [4.69, 9.17) is 10.5 Å². The average Bonchev–Trinajstić information content (AvgIpc) is 2.81. The Kier molecular flexibility index (Phi) is 4.66. The zero-order valence-corrected chi connectivity index (χ0v) is 11.2. The summed E-state index contributed by atoms with van der Waals surface area (Å²) in [7, 11) is 1.99. The molecule has 0 saturated heterocycles. The SMILES string of the molecule is Cn1ccnc1SCCOc1ccc(CN)cc1. The standard InChI is InChI=1S/C13H17N3OS/c1-16-7-6-15-13(16)18-9-8-17-12-4-2-11(10-14)3-5-12/h2-7H,8-10,14H2,1H3. The van der Waals surface area contributed by atoms with Crippen molar-refractivity contribution >= 4 is 11.8 Å². The fraction of sp³-hybridized carbons (Fsp3) is 0.308. The first-order valence-electron chi connectivity index (χ1n) is 5.81. The molecule has 0 aliphatic heterocycles. The molecule has 18 heavy (non-hydrogen) atoms. The Morgan fingerprint density at radius 1 is 1.33 bits per heavy atom. The van der Waals surface area contributed by atoms with E-state index in [1.807, 2.05) is 42.1 Å². The van der Waals surface area contributed by atoms with Gasteiger partial charge in [-0.2, -0.15) is 0 Å². The molecule has 0 fully saturated rings. The van der Waals surface area contributed by atoms with Crippen LogP contribution < -0.4 is 10.5 Å². The van der Waals surface area contributed by atoms with Gasteiger partial charge >= 0.3 is 0 Å². The van der Waals surface area contributed by atoms with Crippen LogP contribution in [0.5, 0.6) is 5.75 Å². The topological polar surface area (TPSA) is 53.1 Å². The van der Waals surface area contributed by atoms with Gasteiger partial charge in [0.2, 0.25) is 0 Å². The van der Waals surface area contributed by atoms with E-state index in [0.29, 0.717) is 13.2 Å². The molecule has 1 aromatic heterocycles. The normalized spacial score (nSPS) is 10.6. The molecular weight excluding hydrogens is 246 g/mol. The molecule has 5 heteroatoms. The Balaban J connectivity index is 1.73. The van der Waals surface area contributed by atoms with Crippen LogP contribution >= 0.6 is 11.8 Å². The molecule has 2 aromatic rings. The maximum Gasteiger partial charge on any atom is 0.167 e. The van der Waals surface area contributed by atoms with Crippen molar-refractivity contribution in [3.05, 3.63) is 42.2 Å². The number of rotatable bonds is 6. The highest BCUT2D eigenvalue weighted by Gasteiger charge is 2.00. The van der Waals surface area contributed by atoms with Crippen LogP contribution in [-0.2, 0) is 13.6 Å². The third-order valence-electron chi connectivity index (χ3n) is 2.52. The van der Waals surface area contributed by atoms with Gasteiger partial charge in [-0.15, -0.1) is 0 Å². The third-order valence-corrected chi connectivity index (χ3v) is 3.54. The highest BCUT2D eigenvalue weighted by atomic mass is 32.2. The van der Waals surface area contributed by atoms with E-state index >= 15 is 0 Å². The van der Waals surface area contributed by atoms with Gasteiger partial charge in [0.1, 0.15) is 5.75 Å². The van der Waals surface area contributed by atoms with E-state index in [-0.39, 0.29) is 0 Å². The maximum atomic E-state index is 5.64. The van der Waals surface area contributed by atoms with Gasteiger partial charge in [0.15, 0.2) is 5.16 Å². The number of aromatic nitrogens is 2. The van der Waals surface area contributed by atoms with Crippen LogP contribution in [-0.4, -0.2) is 21.9 Å². The van der Waals surface area contributed by atoms with Gasteiger partial charge in [-0.25, -0.2) is 4.98 Å². The van der Waals surface area contributed by atoms with E-state index in [1.165, 1.54) is 0 Å². The van der Waals surface area contributed by atoms with Crippen LogP contribution in [0.1, 0.15) is 5.56 Å². The average molecular weight is 263 g/mol. The molecule has 4 nitrogen and oxygen atoms in total. The summed E-state index contributed by atoms with van der Waals surface area (Å²) < 4.78 is 7.65. The third kappa shape index (κ3) is 3.51. The van der Waals surface area contributed by atoms with Gasteiger partial charge in [-0.05, 0) is 17.7 Å². The predicted octanol–water partition coefficient (Wildman–Crippen LogP) is 2.05. The quantitative estimate of drug-likeness (QED) is 0.640. The van der Waals surface area contributed by atoms with Crippen molar-refractivity contribution in [2.75, 3.05) is 12.4 Å². The van der Waals surface area contributed by atoms with E-state index in [0.717, 1.165) is 22.2 Å². The molecule has 2 rings (SSSR count). The van der Waals surface area contributed by atoms with Gasteiger partial charge in [0, 0.05) is 31.7 Å². The highest BCUT2D eigenvalue weighted by Crippen LogP contribution is 2.16. The van der Waals surface area contributed by atoms with E-state index in [9.17, 15) is 0 Å². The maximum absolute atomic E-state index is 5.64. The summed E-state index contributed by atoms with van der Waals surface area (Å²) in [6.45, 7) is 1.23. The number of hydrogen-bond donors (Lipinski definition) is 1. The van der Waals surface area contributed by atoms with Gasteiger partial charge in [-0.3, -0.25) is 0 Å². The van der Waals surface area contributed by atoms with Gasteiger partial charge < -0.3 is 15.0 Å². The van der Waals surface area contributed by atoms with Crippen LogP contribution in [0.25, 0.3) is 0 Å². The molecule has 0 unspecified atom stereocenters. The highest BCUT2D eigenvalue weighted by molar-refractivity contribution is 7.99. The first-order valence-corrected chi connectivity index (χ1v) is 6.80. The summed E-state index contributed by atoms with van der Waals surface area (Å²) in [5, 5.41) is 1.01. The van der Waals surface area contributed by atoms with Gasteiger partial charge in [-0.1, -0.05) is 23.9 Å². The zero-order valence-electron chi connectivity index (χ0n) is 10.4. The molecule has 0 saturated carbocycles. The summed E-state index contributed by atoms with van der Waals surface area (Å²) >= 11 is 1.69. The smallest absolute Gasteiger partial charge is 0.167 e. The molecule has 0 atom stereocenters. The van der Waals surface area contributed by atoms with Crippen molar-refractivity contribution in [2.24, 2.45) is 12.8 Å². The first-order chi connectivity index (χ1) is 8.79. The lowest BCUT2D eigenvalue weighted by Crippen LogP contribution is -2.02. The molecule has 0 bridgehead atoms. The number of benzene rings is 1. The minimum atomic E-state index is 0.565. The molecule has 1 heterocycles. The van der Waals surface area contributed by atoms with Crippen molar-refractivity contribution in [1.82, 2.24) is 9.55 Å². The molecule has 2 N–H and O–H groups in total. The van der Waals surface area contributed by atoms with Crippen molar-refractivity contribution in [3.63, 3.8) is 0 Å². The Morgan fingerprint density at radius 2 is 2.11 bits per heavy atom. The number of aryl methyl sites for hydroxylation is 1. The molecule has 0 aliphatic carbocycles. The van der Waals surface area contributed by atoms with Gasteiger partial charge in [0.05, 0.1) is 6.61 Å². The van der Waals surface area contributed by atoms with Crippen LogP contribution in [0, 0.1) is 0 Å². The zero-order chi connectivity index (χ0) is 12.8. The minimum Gasteiger partial charge on any atom is -0.493 e. The Bertz CT molecular complexity index is 481. The van der Waals surface area contributed by atoms with Crippen molar-refractivity contribution < 1.29 is 4.74 Å². The van der Waals surface area contributed by atoms with Crippen LogP contribution in [0.2, 0.25) is 0 Å². The summed E-state index contributed by atoms with van der Waals surface area (Å²) in [6.07, 6.45) is 3.74. The van der Waals surface area contributed by atoms with Crippen LogP contribution in [0.15, 0.2) is 41.8 Å². The minimum absolute atomic E-state index is 0.565. The Hall–Kier alpha value is -1.46. The first kappa shape index (κ1) is 13.0. The number of nitrogens with zero attached hydrogens (tertiary/aromatic N) is 2. The molecule has 1 aromatic carbocycles. The second-order valence-corrected chi connectivity index (χ2v) is 4.93. The predicted molar refractivity (Wildman–Crippen MR) is 73.8 cm³/mol. The van der Waals surface area contributed by atoms with E-state index in [1.54, 1.807) is 18.0 Å². The van der Waals surface area contributed by atoms with Crippen LogP contribution in [0.4, 0.5) is 0 Å². The van der Waals surface area contributed by atoms with Crippen LogP contribution in [0.3, 0.4) is 0 Å². The monoisotopic (exact) mass is 263 g/mol. The van der Waals surface area contributed by atoms with Crippen molar-refractivity contribution in [2.45, 2.75) is 11.7 Å². The largest absolute Gasteiger partial charge is 0.493 e. The fourth-order valence-corrected chi connectivity index (χ4v) is 2.25. The molecule has 0 spiro atoms. The second kappa shape index (κ2) is 6.47. The van der Waals surface area contributed by atoms with E-state index in [2.05, 4.69) is 4.98 Å². The summed E-state index contributed by atoms with van der Waals surface area (Å²) in [5.74, 6) is 1.76. The second-order valence-electron chi connectivity index (χ2n) is 3.87. The molecule has 0 aliphatic rings.